The van der Waals surface area contributed by atoms with Crippen molar-refractivity contribution in [2.75, 3.05) is 18.9 Å². The van der Waals surface area contributed by atoms with E-state index >= 15 is 0 Å². The molecule has 1 heterocycles. The molecule has 1 aromatic rings. The number of aryl methyl sites for hydroxylation is 1. The first-order valence-corrected chi connectivity index (χ1v) is 13.6. The summed E-state index contributed by atoms with van der Waals surface area (Å²) in [6, 6.07) is 0. The number of ether oxygens (including phenoxy) is 1. The van der Waals surface area contributed by atoms with E-state index in [9.17, 15) is 18.7 Å². The maximum atomic E-state index is 13.4. The zero-order chi connectivity index (χ0) is 23.1. The Labute approximate surface area is 177 Å². The van der Waals surface area contributed by atoms with Crippen LogP contribution in [0.25, 0.3) is 0 Å². The van der Waals surface area contributed by atoms with Gasteiger partial charge in [0, 0.05) is 11.8 Å². The lowest BCUT2D eigenvalue weighted by atomic mass is 10.4. The molecule has 12 heteroatoms. The van der Waals surface area contributed by atoms with Crippen molar-refractivity contribution in [1.82, 2.24) is 9.55 Å². The fourth-order valence-electron chi connectivity index (χ4n) is 2.64. The van der Waals surface area contributed by atoms with Crippen LogP contribution in [-0.4, -0.2) is 46.7 Å². The second-order valence-corrected chi connectivity index (χ2v) is 12.7. The predicted octanol–water partition coefficient (Wildman–Crippen LogP) is 3.52. The Bertz CT molecular complexity index is 877. The van der Waals surface area contributed by atoms with Gasteiger partial charge in [0.2, 0.25) is 7.37 Å². The Balaban J connectivity index is 2.88. The maximum absolute atomic E-state index is 13.4. The number of aromatic nitrogens is 2. The van der Waals surface area contributed by atoms with Crippen molar-refractivity contribution >= 4 is 15.0 Å². The zero-order valence-corrected chi connectivity index (χ0v) is 20.5. The van der Waals surface area contributed by atoms with Gasteiger partial charge in [-0.05, 0) is 48.5 Å². The van der Waals surface area contributed by atoms with E-state index < -0.39 is 50.4 Å². The molecule has 1 unspecified atom stereocenters. The Morgan fingerprint density at radius 3 is 2.00 bits per heavy atom. The van der Waals surface area contributed by atoms with Crippen molar-refractivity contribution in [3.8, 4) is 0 Å². The van der Waals surface area contributed by atoms with Crippen molar-refractivity contribution in [1.29, 1.82) is 0 Å². The SMILES string of the molecule is Cc1cn(CCOCP(=O)(CP(=O)(OC(C)C)OC(C)C)OC(C)C)c(=O)[nH]c1=O. The van der Waals surface area contributed by atoms with Crippen LogP contribution in [0.1, 0.15) is 47.1 Å². The summed E-state index contributed by atoms with van der Waals surface area (Å²) in [6.45, 7) is 12.0. The first-order valence-electron chi connectivity index (χ1n) is 9.86. The molecule has 0 amide bonds. The van der Waals surface area contributed by atoms with Gasteiger partial charge in [0.1, 0.15) is 12.3 Å². The molecule has 0 fully saturated rings. The van der Waals surface area contributed by atoms with E-state index in [1.165, 1.54) is 10.8 Å². The average molecular weight is 468 g/mol. The van der Waals surface area contributed by atoms with Crippen molar-refractivity contribution in [2.24, 2.45) is 0 Å². The number of rotatable bonds is 13. The smallest absolute Gasteiger partial charge is 0.340 e. The van der Waals surface area contributed by atoms with Gasteiger partial charge in [-0.2, -0.15) is 0 Å². The second-order valence-electron chi connectivity index (χ2n) is 7.83. The van der Waals surface area contributed by atoms with E-state index in [4.69, 9.17) is 18.3 Å². The largest absolute Gasteiger partial charge is 0.369 e. The van der Waals surface area contributed by atoms with Crippen LogP contribution in [0.3, 0.4) is 0 Å². The third-order valence-corrected chi connectivity index (χ3v) is 9.46. The van der Waals surface area contributed by atoms with Crippen molar-refractivity contribution in [2.45, 2.75) is 73.3 Å². The van der Waals surface area contributed by atoms with E-state index in [-0.39, 0.29) is 19.5 Å². The molecule has 174 valence electrons. The minimum absolute atomic E-state index is 0.0389. The molecule has 0 spiro atoms. The van der Waals surface area contributed by atoms with Crippen LogP contribution < -0.4 is 11.2 Å². The fourth-order valence-corrected chi connectivity index (χ4v) is 8.45. The summed E-state index contributed by atoms with van der Waals surface area (Å²) >= 11 is 0. The van der Waals surface area contributed by atoms with E-state index in [0.29, 0.717) is 5.56 Å². The van der Waals surface area contributed by atoms with Gasteiger partial charge < -0.3 is 18.3 Å². The van der Waals surface area contributed by atoms with Crippen LogP contribution >= 0.6 is 15.0 Å². The number of aromatic amines is 1. The van der Waals surface area contributed by atoms with Crippen molar-refractivity contribution in [3.05, 3.63) is 32.6 Å². The molecule has 0 saturated heterocycles. The van der Waals surface area contributed by atoms with Gasteiger partial charge in [-0.1, -0.05) is 0 Å². The highest BCUT2D eigenvalue weighted by atomic mass is 31.2. The summed E-state index contributed by atoms with van der Waals surface area (Å²) in [6.07, 6.45) is -0.0578. The van der Waals surface area contributed by atoms with E-state index in [1.54, 1.807) is 48.5 Å². The van der Waals surface area contributed by atoms with Gasteiger partial charge in [-0.15, -0.1) is 0 Å². The van der Waals surface area contributed by atoms with Crippen molar-refractivity contribution < 1.29 is 27.4 Å². The molecule has 30 heavy (non-hydrogen) atoms. The first kappa shape index (κ1) is 27.0. The molecule has 0 bridgehead atoms. The molecule has 1 aromatic heterocycles. The molecule has 1 N–H and O–H groups in total. The molecule has 0 saturated carbocycles. The van der Waals surface area contributed by atoms with Gasteiger partial charge >= 0.3 is 13.3 Å². The van der Waals surface area contributed by atoms with Gasteiger partial charge in [0.25, 0.3) is 5.56 Å². The van der Waals surface area contributed by atoms with E-state index in [1.807, 2.05) is 0 Å². The van der Waals surface area contributed by atoms with E-state index in [0.717, 1.165) is 0 Å². The fraction of sp³-hybridized carbons (Fsp3) is 0.778. The van der Waals surface area contributed by atoms with Crippen molar-refractivity contribution in [3.63, 3.8) is 0 Å². The summed E-state index contributed by atoms with van der Waals surface area (Å²) in [4.78, 5) is 25.5. The van der Waals surface area contributed by atoms with Crippen LogP contribution in [0.5, 0.6) is 0 Å². The predicted molar refractivity (Wildman–Crippen MR) is 116 cm³/mol. The summed E-state index contributed by atoms with van der Waals surface area (Å²) in [5, 5.41) is 0. The average Bonchev–Trinajstić information content (AvgIpc) is 2.52. The molecule has 1 atom stereocenters. The quantitative estimate of drug-likeness (QED) is 0.344. The Morgan fingerprint density at radius 1 is 0.967 bits per heavy atom. The molecule has 0 radical (unpaired) electrons. The highest BCUT2D eigenvalue weighted by Gasteiger charge is 2.39. The summed E-state index contributed by atoms with van der Waals surface area (Å²) in [7, 11) is -7.24. The summed E-state index contributed by atoms with van der Waals surface area (Å²) in [5.74, 6) is -0.410. The second kappa shape index (κ2) is 11.6. The number of hydrogen-bond acceptors (Lipinski definition) is 8. The monoisotopic (exact) mass is 468 g/mol. The lowest BCUT2D eigenvalue weighted by molar-refractivity contribution is 0.136. The molecule has 0 aliphatic carbocycles. The number of hydrogen-bond donors (Lipinski definition) is 1. The zero-order valence-electron chi connectivity index (χ0n) is 18.7. The standard InChI is InChI=1S/C18H34N2O8P2/c1-13(2)26-29(23,12-30(24,27-14(3)4)28-15(5)6)11-25-9-8-20-10-16(7)17(21)19-18(20)22/h10,13-15H,8-9,11-12H2,1-7H3,(H,19,21,22). The lowest BCUT2D eigenvalue weighted by Crippen LogP contribution is -2.31. The molecular weight excluding hydrogens is 434 g/mol. The molecule has 0 aliphatic heterocycles. The number of nitrogens with zero attached hydrogens (tertiary/aromatic N) is 1. The molecule has 0 aliphatic rings. The highest BCUT2D eigenvalue weighted by molar-refractivity contribution is 7.73. The molecular formula is C18H34N2O8P2. The van der Waals surface area contributed by atoms with E-state index in [2.05, 4.69) is 4.98 Å². The first-order chi connectivity index (χ1) is 13.8. The minimum Gasteiger partial charge on any atom is -0.369 e. The minimum atomic E-state index is -3.70. The van der Waals surface area contributed by atoms with Crippen LogP contribution in [0, 0.1) is 6.92 Å². The van der Waals surface area contributed by atoms with Gasteiger partial charge in [-0.25, -0.2) is 4.79 Å². The van der Waals surface area contributed by atoms with Crippen LogP contribution in [-0.2, 0) is 34.0 Å². The molecule has 0 aromatic carbocycles. The Hall–Kier alpha value is -1.02. The molecule has 1 rings (SSSR count). The highest BCUT2D eigenvalue weighted by Crippen LogP contribution is 2.64. The van der Waals surface area contributed by atoms with Crippen LogP contribution in [0.4, 0.5) is 0 Å². The molecule has 10 nitrogen and oxygen atoms in total. The number of nitrogens with one attached hydrogen (secondary N) is 1. The Morgan fingerprint density at radius 2 is 1.50 bits per heavy atom. The van der Waals surface area contributed by atoms with Crippen LogP contribution in [0.2, 0.25) is 0 Å². The van der Waals surface area contributed by atoms with Gasteiger partial charge in [-0.3, -0.25) is 23.5 Å². The normalized spacial score (nSPS) is 14.6. The third kappa shape index (κ3) is 9.41. The topological polar surface area (TPSA) is 126 Å². The van der Waals surface area contributed by atoms with Gasteiger partial charge in [0.05, 0.1) is 31.5 Å². The third-order valence-electron chi connectivity index (χ3n) is 3.49. The van der Waals surface area contributed by atoms with Gasteiger partial charge in [0.15, 0.2) is 0 Å². The summed E-state index contributed by atoms with van der Waals surface area (Å²) in [5.41, 5.74) is -0.616. The summed E-state index contributed by atoms with van der Waals surface area (Å²) < 4.78 is 49.9. The Kier molecular flexibility index (Phi) is 10.4. The maximum Gasteiger partial charge on any atom is 0.340 e. The lowest BCUT2D eigenvalue weighted by Gasteiger charge is -2.27. The number of H-pyrrole nitrogens is 1. The van der Waals surface area contributed by atoms with Crippen LogP contribution in [0.15, 0.2) is 15.8 Å².